The number of piperidine rings is 1. The fourth-order valence-electron chi connectivity index (χ4n) is 2.03. The van der Waals surface area contributed by atoms with Gasteiger partial charge in [-0.25, -0.2) is 9.18 Å². The standard InChI is InChI=1S/C13H17FN2OS/c1-18-12-6-8-16(9-7-12)13(17)15-11-4-2-10(14)3-5-11/h2-5,12H,6-9H2,1H3,(H,15,17). The fourth-order valence-corrected chi connectivity index (χ4v) is 2.71. The number of carbonyl (C=O) groups is 1. The lowest BCUT2D eigenvalue weighted by atomic mass is 10.1. The van der Waals surface area contributed by atoms with Gasteiger partial charge in [0.2, 0.25) is 0 Å². The van der Waals surface area contributed by atoms with Crippen LogP contribution in [0.4, 0.5) is 14.9 Å². The number of nitrogens with zero attached hydrogens (tertiary/aromatic N) is 1. The van der Waals surface area contributed by atoms with E-state index in [0.29, 0.717) is 10.9 Å². The molecule has 0 bridgehead atoms. The summed E-state index contributed by atoms with van der Waals surface area (Å²) >= 11 is 1.87. The van der Waals surface area contributed by atoms with Gasteiger partial charge in [-0.3, -0.25) is 0 Å². The molecular weight excluding hydrogens is 251 g/mol. The van der Waals surface area contributed by atoms with E-state index in [-0.39, 0.29) is 11.8 Å². The van der Waals surface area contributed by atoms with Gasteiger partial charge in [-0.1, -0.05) is 0 Å². The molecule has 0 unspecified atom stereocenters. The summed E-state index contributed by atoms with van der Waals surface area (Å²) in [4.78, 5) is 13.8. The highest BCUT2D eigenvalue weighted by Crippen LogP contribution is 2.21. The zero-order valence-corrected chi connectivity index (χ0v) is 11.2. The number of amides is 2. The molecule has 1 aromatic carbocycles. The molecule has 3 nitrogen and oxygen atoms in total. The molecule has 0 spiro atoms. The number of carbonyl (C=O) groups excluding carboxylic acids is 1. The van der Waals surface area contributed by atoms with Crippen LogP contribution in [0.1, 0.15) is 12.8 Å². The molecule has 1 fully saturated rings. The third-order valence-electron chi connectivity index (χ3n) is 3.16. The first-order chi connectivity index (χ1) is 8.69. The highest BCUT2D eigenvalue weighted by Gasteiger charge is 2.21. The van der Waals surface area contributed by atoms with E-state index >= 15 is 0 Å². The Morgan fingerprint density at radius 3 is 2.50 bits per heavy atom. The van der Waals surface area contributed by atoms with Gasteiger partial charge in [-0.05, 0) is 43.4 Å². The highest BCUT2D eigenvalue weighted by atomic mass is 32.2. The zero-order valence-electron chi connectivity index (χ0n) is 10.4. The first-order valence-electron chi connectivity index (χ1n) is 6.03. The summed E-state index contributed by atoms with van der Waals surface area (Å²) in [6, 6.07) is 5.73. The third kappa shape index (κ3) is 3.38. The molecule has 1 aromatic rings. The number of nitrogens with one attached hydrogen (secondary N) is 1. The number of urea groups is 1. The quantitative estimate of drug-likeness (QED) is 0.893. The van der Waals surface area contributed by atoms with Crippen LogP contribution in [0.25, 0.3) is 0 Å². The molecule has 1 heterocycles. The molecule has 0 atom stereocenters. The van der Waals surface area contributed by atoms with Crippen molar-refractivity contribution in [3.63, 3.8) is 0 Å². The van der Waals surface area contributed by atoms with Gasteiger partial charge in [-0.2, -0.15) is 11.8 Å². The summed E-state index contributed by atoms with van der Waals surface area (Å²) < 4.78 is 12.7. The average Bonchev–Trinajstić information content (AvgIpc) is 2.41. The summed E-state index contributed by atoms with van der Waals surface area (Å²) in [7, 11) is 0. The minimum Gasteiger partial charge on any atom is -0.324 e. The van der Waals surface area contributed by atoms with E-state index in [0.717, 1.165) is 25.9 Å². The lowest BCUT2D eigenvalue weighted by Gasteiger charge is -2.31. The Balaban J connectivity index is 1.87. The predicted octanol–water partition coefficient (Wildman–Crippen LogP) is 3.19. The first-order valence-corrected chi connectivity index (χ1v) is 7.32. The van der Waals surface area contributed by atoms with Crippen molar-refractivity contribution < 1.29 is 9.18 Å². The second-order valence-electron chi connectivity index (χ2n) is 4.36. The van der Waals surface area contributed by atoms with Gasteiger partial charge in [0.05, 0.1) is 0 Å². The van der Waals surface area contributed by atoms with Crippen LogP contribution in [-0.4, -0.2) is 35.5 Å². The lowest BCUT2D eigenvalue weighted by Crippen LogP contribution is -2.41. The van der Waals surface area contributed by atoms with Gasteiger partial charge in [0.15, 0.2) is 0 Å². The number of likely N-dealkylation sites (tertiary alicyclic amines) is 1. The van der Waals surface area contributed by atoms with E-state index in [1.165, 1.54) is 12.1 Å². The van der Waals surface area contributed by atoms with Crippen molar-refractivity contribution in [3.8, 4) is 0 Å². The van der Waals surface area contributed by atoms with Crippen molar-refractivity contribution >= 4 is 23.5 Å². The molecule has 1 N–H and O–H groups in total. The molecule has 98 valence electrons. The Labute approximate surface area is 111 Å². The maximum Gasteiger partial charge on any atom is 0.321 e. The molecule has 0 aromatic heterocycles. The molecule has 0 radical (unpaired) electrons. The van der Waals surface area contributed by atoms with Crippen LogP contribution in [0, 0.1) is 5.82 Å². The summed E-state index contributed by atoms with van der Waals surface area (Å²) in [6.45, 7) is 1.58. The molecule has 18 heavy (non-hydrogen) atoms. The summed E-state index contributed by atoms with van der Waals surface area (Å²) in [5.41, 5.74) is 0.633. The normalized spacial score (nSPS) is 16.7. The third-order valence-corrected chi connectivity index (χ3v) is 4.30. The van der Waals surface area contributed by atoms with Crippen molar-refractivity contribution in [2.24, 2.45) is 0 Å². The van der Waals surface area contributed by atoms with E-state index in [9.17, 15) is 9.18 Å². The van der Waals surface area contributed by atoms with Crippen molar-refractivity contribution in [1.82, 2.24) is 4.90 Å². The van der Waals surface area contributed by atoms with Crippen LogP contribution in [-0.2, 0) is 0 Å². The van der Waals surface area contributed by atoms with Crippen LogP contribution in [0.3, 0.4) is 0 Å². The number of halogens is 1. The van der Waals surface area contributed by atoms with E-state index in [1.54, 1.807) is 12.1 Å². The number of hydrogen-bond acceptors (Lipinski definition) is 2. The molecule has 0 saturated carbocycles. The van der Waals surface area contributed by atoms with Crippen LogP contribution >= 0.6 is 11.8 Å². The molecule has 0 aliphatic carbocycles. The number of rotatable bonds is 2. The summed E-state index contributed by atoms with van der Waals surface area (Å²) in [5, 5.41) is 3.45. The zero-order chi connectivity index (χ0) is 13.0. The Morgan fingerprint density at radius 1 is 1.33 bits per heavy atom. The minimum atomic E-state index is -0.297. The number of thioether (sulfide) groups is 1. The largest absolute Gasteiger partial charge is 0.324 e. The first kappa shape index (κ1) is 13.2. The molecule has 5 heteroatoms. The van der Waals surface area contributed by atoms with Gasteiger partial charge in [0.25, 0.3) is 0 Å². The topological polar surface area (TPSA) is 32.3 Å². The van der Waals surface area contributed by atoms with E-state index in [2.05, 4.69) is 11.6 Å². The molecule has 1 aliphatic rings. The van der Waals surface area contributed by atoms with Crippen molar-refractivity contribution in [2.75, 3.05) is 24.7 Å². The number of benzene rings is 1. The van der Waals surface area contributed by atoms with Crippen LogP contribution in [0.15, 0.2) is 24.3 Å². The predicted molar refractivity (Wildman–Crippen MR) is 73.5 cm³/mol. The Bertz CT molecular complexity index is 402. The van der Waals surface area contributed by atoms with Crippen molar-refractivity contribution in [1.29, 1.82) is 0 Å². The van der Waals surface area contributed by atoms with Crippen LogP contribution in [0.2, 0.25) is 0 Å². The summed E-state index contributed by atoms with van der Waals surface area (Å²) in [6.07, 6.45) is 4.19. The van der Waals surface area contributed by atoms with Gasteiger partial charge < -0.3 is 10.2 Å². The highest BCUT2D eigenvalue weighted by molar-refractivity contribution is 7.99. The molecule has 2 rings (SSSR count). The monoisotopic (exact) mass is 268 g/mol. The maximum absolute atomic E-state index is 12.7. The van der Waals surface area contributed by atoms with E-state index in [4.69, 9.17) is 0 Å². The molecule has 1 aliphatic heterocycles. The van der Waals surface area contributed by atoms with Gasteiger partial charge in [0.1, 0.15) is 5.82 Å². The SMILES string of the molecule is CSC1CCN(C(=O)Nc2ccc(F)cc2)CC1. The lowest BCUT2D eigenvalue weighted by molar-refractivity contribution is 0.201. The smallest absolute Gasteiger partial charge is 0.321 e. The van der Waals surface area contributed by atoms with Gasteiger partial charge in [-0.15, -0.1) is 0 Å². The number of hydrogen-bond donors (Lipinski definition) is 1. The molecule has 2 amide bonds. The van der Waals surface area contributed by atoms with E-state index in [1.807, 2.05) is 16.7 Å². The van der Waals surface area contributed by atoms with Crippen LogP contribution < -0.4 is 5.32 Å². The molecular formula is C13H17FN2OS. The van der Waals surface area contributed by atoms with Gasteiger partial charge >= 0.3 is 6.03 Å². The minimum absolute atomic E-state index is 0.0961. The number of anilines is 1. The maximum atomic E-state index is 12.7. The van der Waals surface area contributed by atoms with Gasteiger partial charge in [0, 0.05) is 24.0 Å². The second kappa shape index (κ2) is 6.09. The second-order valence-corrected chi connectivity index (χ2v) is 5.50. The average molecular weight is 268 g/mol. The Morgan fingerprint density at radius 2 is 1.94 bits per heavy atom. The van der Waals surface area contributed by atoms with Crippen molar-refractivity contribution in [2.45, 2.75) is 18.1 Å². The Kier molecular flexibility index (Phi) is 4.47. The molecule has 1 saturated heterocycles. The van der Waals surface area contributed by atoms with Crippen LogP contribution in [0.5, 0.6) is 0 Å². The van der Waals surface area contributed by atoms with Crippen molar-refractivity contribution in [3.05, 3.63) is 30.1 Å². The van der Waals surface area contributed by atoms with E-state index < -0.39 is 0 Å². The Hall–Kier alpha value is -1.23. The summed E-state index contributed by atoms with van der Waals surface area (Å²) in [5.74, 6) is -0.297. The fraction of sp³-hybridized carbons (Fsp3) is 0.462.